The van der Waals surface area contributed by atoms with Crippen LogP contribution in [0, 0.1) is 0 Å². The van der Waals surface area contributed by atoms with Gasteiger partial charge in [-0.15, -0.1) is 0 Å². The second-order valence-corrected chi connectivity index (χ2v) is 7.70. The number of aryl methyl sites for hydroxylation is 1. The first-order valence-electron chi connectivity index (χ1n) is 8.70. The smallest absolute Gasteiger partial charge is 0.254 e. The standard InChI is InChI=1S/C20H19Cl3N2O2/c21-16-11-15(12-17(22)13-16)20(27)25-9-7-24(8-10-25)19(26)6-5-14-3-1-2-4-18(14)23/h1-4,11-13H,5-10H2. The number of nitrogens with zero attached hydrogens (tertiary/aromatic N) is 2. The Hall–Kier alpha value is -1.75. The van der Waals surface area contributed by atoms with Gasteiger partial charge in [0.05, 0.1) is 0 Å². The second kappa shape index (κ2) is 8.96. The van der Waals surface area contributed by atoms with Crippen LogP contribution in [-0.4, -0.2) is 47.8 Å². The maximum absolute atomic E-state index is 12.6. The molecule has 2 aromatic rings. The summed E-state index contributed by atoms with van der Waals surface area (Å²) in [6, 6.07) is 12.4. The van der Waals surface area contributed by atoms with Crippen molar-refractivity contribution in [3.8, 4) is 0 Å². The summed E-state index contributed by atoms with van der Waals surface area (Å²) in [5.74, 6) is -0.0459. The first-order valence-corrected chi connectivity index (χ1v) is 9.84. The predicted octanol–water partition coefficient (Wildman–Crippen LogP) is 4.56. The summed E-state index contributed by atoms with van der Waals surface area (Å²) >= 11 is 18.1. The average molecular weight is 426 g/mol. The lowest BCUT2D eigenvalue weighted by molar-refractivity contribution is -0.132. The van der Waals surface area contributed by atoms with Gasteiger partial charge in [0.1, 0.15) is 0 Å². The summed E-state index contributed by atoms with van der Waals surface area (Å²) in [6.07, 6.45) is 1.01. The molecule has 0 saturated carbocycles. The Balaban J connectivity index is 1.53. The zero-order chi connectivity index (χ0) is 19.4. The largest absolute Gasteiger partial charge is 0.339 e. The minimum atomic E-state index is -0.123. The molecule has 0 radical (unpaired) electrons. The normalized spacial score (nSPS) is 14.3. The van der Waals surface area contributed by atoms with Crippen LogP contribution in [-0.2, 0) is 11.2 Å². The van der Waals surface area contributed by atoms with E-state index < -0.39 is 0 Å². The Bertz CT molecular complexity index is 829. The molecule has 0 N–H and O–H groups in total. The molecular formula is C20H19Cl3N2O2. The molecule has 3 rings (SSSR count). The number of rotatable bonds is 4. The summed E-state index contributed by atoms with van der Waals surface area (Å²) in [6.45, 7) is 2.00. The third kappa shape index (κ3) is 5.16. The second-order valence-electron chi connectivity index (χ2n) is 6.42. The van der Waals surface area contributed by atoms with E-state index >= 15 is 0 Å². The highest BCUT2D eigenvalue weighted by atomic mass is 35.5. The molecule has 0 atom stereocenters. The number of benzene rings is 2. The van der Waals surface area contributed by atoms with Gasteiger partial charge < -0.3 is 9.80 Å². The van der Waals surface area contributed by atoms with Gasteiger partial charge in [0.25, 0.3) is 5.91 Å². The van der Waals surface area contributed by atoms with Crippen LogP contribution in [0.25, 0.3) is 0 Å². The molecule has 1 fully saturated rings. The molecule has 1 aliphatic rings. The van der Waals surface area contributed by atoms with E-state index in [1.807, 2.05) is 24.3 Å². The van der Waals surface area contributed by atoms with E-state index in [4.69, 9.17) is 34.8 Å². The summed E-state index contributed by atoms with van der Waals surface area (Å²) in [4.78, 5) is 28.6. The summed E-state index contributed by atoms with van der Waals surface area (Å²) in [7, 11) is 0. The molecule has 0 aromatic heterocycles. The van der Waals surface area contributed by atoms with Crippen LogP contribution in [0.3, 0.4) is 0 Å². The number of piperazine rings is 1. The van der Waals surface area contributed by atoms with Crippen molar-refractivity contribution >= 4 is 46.6 Å². The van der Waals surface area contributed by atoms with E-state index in [-0.39, 0.29) is 11.8 Å². The Labute approximate surface area is 173 Å². The van der Waals surface area contributed by atoms with Crippen LogP contribution in [0.4, 0.5) is 0 Å². The zero-order valence-electron chi connectivity index (χ0n) is 14.6. The van der Waals surface area contributed by atoms with E-state index in [0.717, 1.165) is 5.56 Å². The van der Waals surface area contributed by atoms with E-state index in [9.17, 15) is 9.59 Å². The molecule has 0 bridgehead atoms. The topological polar surface area (TPSA) is 40.6 Å². The third-order valence-electron chi connectivity index (χ3n) is 4.60. The first-order chi connectivity index (χ1) is 12.9. The van der Waals surface area contributed by atoms with E-state index in [1.165, 1.54) is 0 Å². The highest BCUT2D eigenvalue weighted by Gasteiger charge is 2.25. The quantitative estimate of drug-likeness (QED) is 0.720. The van der Waals surface area contributed by atoms with Gasteiger partial charge in [-0.25, -0.2) is 0 Å². The van der Waals surface area contributed by atoms with Gasteiger partial charge in [0.15, 0.2) is 0 Å². The van der Waals surface area contributed by atoms with Crippen LogP contribution in [0.1, 0.15) is 22.3 Å². The lowest BCUT2D eigenvalue weighted by atomic mass is 10.1. The fourth-order valence-corrected chi connectivity index (χ4v) is 3.88. The number of carbonyl (C=O) groups excluding carboxylic acids is 2. The van der Waals surface area contributed by atoms with Gasteiger partial charge in [-0.1, -0.05) is 53.0 Å². The van der Waals surface area contributed by atoms with Gasteiger partial charge in [-0.05, 0) is 36.2 Å². The highest BCUT2D eigenvalue weighted by molar-refractivity contribution is 6.35. The molecule has 2 amide bonds. The molecule has 4 nitrogen and oxygen atoms in total. The molecule has 2 aromatic carbocycles. The van der Waals surface area contributed by atoms with Crippen molar-refractivity contribution in [3.63, 3.8) is 0 Å². The van der Waals surface area contributed by atoms with Crippen molar-refractivity contribution in [2.45, 2.75) is 12.8 Å². The molecule has 27 heavy (non-hydrogen) atoms. The van der Waals surface area contributed by atoms with Gasteiger partial charge in [-0.2, -0.15) is 0 Å². The van der Waals surface area contributed by atoms with Crippen LogP contribution in [0.2, 0.25) is 15.1 Å². The molecule has 1 heterocycles. The Kier molecular flexibility index (Phi) is 6.64. The first kappa shape index (κ1) is 20.0. The summed E-state index contributed by atoms with van der Waals surface area (Å²) in [5, 5.41) is 1.54. The Morgan fingerprint density at radius 3 is 2.07 bits per heavy atom. The molecule has 0 aliphatic carbocycles. The van der Waals surface area contributed by atoms with Crippen molar-refractivity contribution in [1.82, 2.24) is 9.80 Å². The monoisotopic (exact) mass is 424 g/mol. The Morgan fingerprint density at radius 1 is 0.852 bits per heavy atom. The van der Waals surface area contributed by atoms with Crippen molar-refractivity contribution in [1.29, 1.82) is 0 Å². The number of amides is 2. The number of carbonyl (C=O) groups is 2. The minimum absolute atomic E-state index is 0.0767. The third-order valence-corrected chi connectivity index (χ3v) is 5.40. The number of hydrogen-bond donors (Lipinski definition) is 0. The number of hydrogen-bond acceptors (Lipinski definition) is 2. The van der Waals surface area contributed by atoms with Crippen LogP contribution >= 0.6 is 34.8 Å². The summed E-state index contributed by atoms with van der Waals surface area (Å²) in [5.41, 5.74) is 1.44. The molecule has 1 saturated heterocycles. The van der Waals surface area contributed by atoms with E-state index in [0.29, 0.717) is 59.7 Å². The zero-order valence-corrected chi connectivity index (χ0v) is 16.9. The van der Waals surface area contributed by atoms with Gasteiger partial charge >= 0.3 is 0 Å². The lowest BCUT2D eigenvalue weighted by Crippen LogP contribution is -2.50. The lowest BCUT2D eigenvalue weighted by Gasteiger charge is -2.35. The maximum atomic E-state index is 12.6. The molecule has 0 spiro atoms. The SMILES string of the molecule is O=C(CCc1ccccc1Cl)N1CCN(C(=O)c2cc(Cl)cc(Cl)c2)CC1. The molecule has 1 aliphatic heterocycles. The minimum Gasteiger partial charge on any atom is -0.339 e. The van der Waals surface area contributed by atoms with E-state index in [2.05, 4.69) is 0 Å². The molecular weight excluding hydrogens is 407 g/mol. The van der Waals surface area contributed by atoms with Gasteiger partial charge in [-0.3, -0.25) is 9.59 Å². The van der Waals surface area contributed by atoms with Gasteiger partial charge in [0.2, 0.25) is 5.91 Å². The van der Waals surface area contributed by atoms with Crippen molar-refractivity contribution in [2.75, 3.05) is 26.2 Å². The molecule has 142 valence electrons. The van der Waals surface area contributed by atoms with Crippen molar-refractivity contribution in [2.24, 2.45) is 0 Å². The van der Waals surface area contributed by atoms with Crippen LogP contribution < -0.4 is 0 Å². The van der Waals surface area contributed by atoms with Gasteiger partial charge in [0, 0.05) is 53.2 Å². The van der Waals surface area contributed by atoms with Crippen LogP contribution in [0.5, 0.6) is 0 Å². The summed E-state index contributed by atoms with van der Waals surface area (Å²) < 4.78 is 0. The molecule has 0 unspecified atom stereocenters. The maximum Gasteiger partial charge on any atom is 0.254 e. The average Bonchev–Trinajstić information content (AvgIpc) is 2.66. The van der Waals surface area contributed by atoms with Crippen molar-refractivity contribution in [3.05, 3.63) is 68.7 Å². The highest BCUT2D eigenvalue weighted by Crippen LogP contribution is 2.21. The molecule has 7 heteroatoms. The predicted molar refractivity (Wildman–Crippen MR) is 109 cm³/mol. The van der Waals surface area contributed by atoms with E-state index in [1.54, 1.807) is 28.0 Å². The fourth-order valence-electron chi connectivity index (χ4n) is 3.12. The van der Waals surface area contributed by atoms with Crippen LogP contribution in [0.15, 0.2) is 42.5 Å². The van der Waals surface area contributed by atoms with Crippen molar-refractivity contribution < 1.29 is 9.59 Å². The fraction of sp³-hybridized carbons (Fsp3) is 0.300. The Morgan fingerprint density at radius 2 is 1.44 bits per heavy atom. The number of halogens is 3.